The molecule has 27 heavy (non-hydrogen) atoms. The van der Waals surface area contributed by atoms with Gasteiger partial charge in [0, 0.05) is 10.9 Å². The molecule has 0 aliphatic rings. The van der Waals surface area contributed by atoms with Gasteiger partial charge in [-0.05, 0) is 47.4 Å². The number of hydrogen-bond donors (Lipinski definition) is 0. The monoisotopic (exact) mass is 386 g/mol. The van der Waals surface area contributed by atoms with Crippen LogP contribution >= 0.6 is 11.3 Å². The lowest BCUT2D eigenvalue weighted by Crippen LogP contribution is -1.99. The number of hydrogen-bond acceptors (Lipinski definition) is 4. The van der Waals surface area contributed by atoms with Crippen molar-refractivity contribution in [2.75, 3.05) is 7.11 Å². The molecule has 6 heteroatoms. The fourth-order valence-electron chi connectivity index (χ4n) is 2.40. The first-order valence-corrected chi connectivity index (χ1v) is 8.95. The van der Waals surface area contributed by atoms with E-state index < -0.39 is 17.4 Å². The Morgan fingerprint density at radius 3 is 2.67 bits per heavy atom. The molecular formula is C21H16F2O3S. The van der Waals surface area contributed by atoms with E-state index in [4.69, 9.17) is 9.47 Å². The third kappa shape index (κ3) is 4.80. The minimum absolute atomic E-state index is 0.185. The van der Waals surface area contributed by atoms with Gasteiger partial charge in [-0.1, -0.05) is 18.2 Å². The fraction of sp³-hybridized carbons (Fsp3) is 0.0952. The van der Waals surface area contributed by atoms with Crippen molar-refractivity contribution in [3.8, 4) is 11.5 Å². The van der Waals surface area contributed by atoms with E-state index in [-0.39, 0.29) is 5.56 Å². The Labute approximate surface area is 159 Å². The summed E-state index contributed by atoms with van der Waals surface area (Å²) in [4.78, 5) is 13.2. The van der Waals surface area contributed by atoms with E-state index in [2.05, 4.69) is 0 Å². The highest BCUT2D eigenvalue weighted by Gasteiger charge is 2.10. The van der Waals surface area contributed by atoms with Crippen molar-refractivity contribution in [2.45, 2.75) is 6.61 Å². The van der Waals surface area contributed by atoms with Gasteiger partial charge >= 0.3 is 0 Å². The largest absolute Gasteiger partial charge is 0.493 e. The van der Waals surface area contributed by atoms with Crippen LogP contribution in [0.2, 0.25) is 0 Å². The van der Waals surface area contributed by atoms with Crippen LogP contribution in [0.15, 0.2) is 60.0 Å². The summed E-state index contributed by atoms with van der Waals surface area (Å²) in [5, 5.41) is 1.98. The number of ketones is 1. The molecule has 0 aliphatic carbocycles. The Kier molecular flexibility index (Phi) is 5.98. The molecule has 1 heterocycles. The average Bonchev–Trinajstić information content (AvgIpc) is 3.18. The lowest BCUT2D eigenvalue weighted by atomic mass is 10.1. The number of methoxy groups -OCH3 is 1. The maximum Gasteiger partial charge on any atom is 0.188 e. The second-order valence-electron chi connectivity index (χ2n) is 5.60. The predicted molar refractivity (Wildman–Crippen MR) is 101 cm³/mol. The van der Waals surface area contributed by atoms with E-state index in [1.54, 1.807) is 29.5 Å². The van der Waals surface area contributed by atoms with Crippen molar-refractivity contribution in [2.24, 2.45) is 0 Å². The molecule has 0 atom stereocenters. The molecule has 0 amide bonds. The van der Waals surface area contributed by atoms with Gasteiger partial charge in [0.15, 0.2) is 17.3 Å². The molecule has 0 bridgehead atoms. The van der Waals surface area contributed by atoms with E-state index in [0.29, 0.717) is 29.7 Å². The number of halogens is 2. The van der Waals surface area contributed by atoms with Crippen LogP contribution in [0.5, 0.6) is 11.5 Å². The zero-order valence-electron chi connectivity index (χ0n) is 14.4. The van der Waals surface area contributed by atoms with Gasteiger partial charge < -0.3 is 9.47 Å². The highest BCUT2D eigenvalue weighted by Crippen LogP contribution is 2.29. The van der Waals surface area contributed by atoms with Crippen LogP contribution in [0, 0.1) is 11.6 Å². The van der Waals surface area contributed by atoms with Gasteiger partial charge in [0.25, 0.3) is 0 Å². The van der Waals surface area contributed by atoms with E-state index in [0.717, 1.165) is 17.0 Å². The van der Waals surface area contributed by atoms with Gasteiger partial charge in [-0.25, -0.2) is 8.78 Å². The van der Waals surface area contributed by atoms with Gasteiger partial charge in [0.1, 0.15) is 18.2 Å². The Hall–Kier alpha value is -2.99. The zero-order valence-corrected chi connectivity index (χ0v) is 15.3. The first-order chi connectivity index (χ1) is 13.1. The van der Waals surface area contributed by atoms with Crippen molar-refractivity contribution in [1.82, 2.24) is 0 Å². The minimum Gasteiger partial charge on any atom is -0.493 e. The molecule has 0 spiro atoms. The van der Waals surface area contributed by atoms with E-state index in [1.165, 1.54) is 19.3 Å². The number of benzene rings is 2. The molecule has 0 unspecified atom stereocenters. The molecule has 3 rings (SSSR count). The first-order valence-electron chi connectivity index (χ1n) is 8.07. The third-order valence-corrected chi connectivity index (χ3v) is 4.61. The molecule has 0 saturated heterocycles. The molecule has 138 valence electrons. The topological polar surface area (TPSA) is 35.5 Å². The van der Waals surface area contributed by atoms with Crippen molar-refractivity contribution in [3.63, 3.8) is 0 Å². The summed E-state index contributed by atoms with van der Waals surface area (Å²) in [5.41, 5.74) is 0.502. The summed E-state index contributed by atoms with van der Waals surface area (Å²) in [5.74, 6) is -1.06. The first kappa shape index (κ1) is 18.8. The minimum atomic E-state index is -0.889. The maximum atomic E-state index is 13.7. The lowest BCUT2D eigenvalue weighted by molar-refractivity contribution is 0.104. The molecule has 0 fully saturated rings. The van der Waals surface area contributed by atoms with Gasteiger partial charge in [0.2, 0.25) is 0 Å². The standard InChI is InChI=1S/C21H16F2O3S/c1-25-21-11-14(5-9-20(21)26-13-16-3-2-10-27-16)4-8-19(24)17-7-6-15(22)12-18(17)23/h2-12H,13H2,1H3/b8-4+. The normalized spacial score (nSPS) is 10.9. The van der Waals surface area contributed by atoms with Crippen molar-refractivity contribution in [3.05, 3.63) is 87.6 Å². The second-order valence-corrected chi connectivity index (χ2v) is 6.63. The van der Waals surface area contributed by atoms with Crippen LogP contribution < -0.4 is 9.47 Å². The fourth-order valence-corrected chi connectivity index (χ4v) is 3.02. The zero-order chi connectivity index (χ0) is 19.2. The SMILES string of the molecule is COc1cc(/C=C/C(=O)c2ccc(F)cc2F)ccc1OCc1cccs1. The van der Waals surface area contributed by atoms with E-state index >= 15 is 0 Å². The Balaban J connectivity index is 1.72. The van der Waals surface area contributed by atoms with Crippen LogP contribution in [0.3, 0.4) is 0 Å². The Morgan fingerprint density at radius 2 is 1.96 bits per heavy atom. The highest BCUT2D eigenvalue weighted by atomic mass is 32.1. The predicted octanol–water partition coefficient (Wildman–Crippen LogP) is 5.51. The summed E-state index contributed by atoms with van der Waals surface area (Å²) in [6, 6.07) is 12.0. The van der Waals surface area contributed by atoms with Crippen molar-refractivity contribution < 1.29 is 23.0 Å². The number of ether oxygens (including phenoxy) is 2. The molecule has 0 saturated carbocycles. The van der Waals surface area contributed by atoms with Crippen LogP contribution in [-0.2, 0) is 6.61 Å². The number of carbonyl (C=O) groups is 1. The Morgan fingerprint density at radius 1 is 1.11 bits per heavy atom. The average molecular weight is 386 g/mol. The van der Waals surface area contributed by atoms with Crippen LogP contribution in [0.4, 0.5) is 8.78 Å². The second kappa shape index (κ2) is 8.60. The third-order valence-electron chi connectivity index (χ3n) is 3.76. The molecule has 0 radical (unpaired) electrons. The molecule has 1 aromatic heterocycles. The van der Waals surface area contributed by atoms with Crippen LogP contribution in [-0.4, -0.2) is 12.9 Å². The van der Waals surface area contributed by atoms with Crippen LogP contribution in [0.1, 0.15) is 20.8 Å². The number of thiophene rings is 1. The summed E-state index contributed by atoms with van der Waals surface area (Å²) < 4.78 is 37.7. The van der Waals surface area contributed by atoms with Gasteiger partial charge in [-0.2, -0.15) is 0 Å². The van der Waals surface area contributed by atoms with Crippen LogP contribution in [0.25, 0.3) is 6.08 Å². The number of allylic oxidation sites excluding steroid dienone is 1. The number of rotatable bonds is 7. The van der Waals surface area contributed by atoms with Crippen molar-refractivity contribution >= 4 is 23.2 Å². The molecule has 2 aromatic carbocycles. The molecule has 3 aromatic rings. The number of carbonyl (C=O) groups excluding carboxylic acids is 1. The Bertz CT molecular complexity index is 966. The smallest absolute Gasteiger partial charge is 0.188 e. The quantitative estimate of drug-likeness (QED) is 0.397. The van der Waals surface area contributed by atoms with E-state index in [9.17, 15) is 13.6 Å². The lowest BCUT2D eigenvalue weighted by Gasteiger charge is -2.10. The molecule has 0 aliphatic heterocycles. The molecule has 0 N–H and O–H groups in total. The van der Waals surface area contributed by atoms with E-state index in [1.807, 2.05) is 17.5 Å². The van der Waals surface area contributed by atoms with Gasteiger partial charge in [-0.15, -0.1) is 11.3 Å². The summed E-state index contributed by atoms with van der Waals surface area (Å²) in [7, 11) is 1.53. The molecular weight excluding hydrogens is 370 g/mol. The summed E-state index contributed by atoms with van der Waals surface area (Å²) >= 11 is 1.60. The summed E-state index contributed by atoms with van der Waals surface area (Å²) in [6.45, 7) is 0.436. The van der Waals surface area contributed by atoms with Crippen molar-refractivity contribution in [1.29, 1.82) is 0 Å². The van der Waals surface area contributed by atoms with Gasteiger partial charge in [-0.3, -0.25) is 4.79 Å². The maximum absolute atomic E-state index is 13.7. The summed E-state index contributed by atoms with van der Waals surface area (Å²) in [6.07, 6.45) is 2.77. The van der Waals surface area contributed by atoms with Gasteiger partial charge in [0.05, 0.1) is 12.7 Å². The molecule has 3 nitrogen and oxygen atoms in total. The highest BCUT2D eigenvalue weighted by molar-refractivity contribution is 7.09.